The van der Waals surface area contributed by atoms with Crippen LogP contribution < -0.4 is 4.90 Å². The van der Waals surface area contributed by atoms with E-state index < -0.39 is 5.41 Å². The van der Waals surface area contributed by atoms with Crippen molar-refractivity contribution in [2.24, 2.45) is 0 Å². The molecule has 0 amide bonds. The second-order valence-corrected chi connectivity index (χ2v) is 17.3. The van der Waals surface area contributed by atoms with Gasteiger partial charge in [0.25, 0.3) is 0 Å². The summed E-state index contributed by atoms with van der Waals surface area (Å²) in [6.07, 6.45) is 0. The second kappa shape index (κ2) is 15.6. The molecule has 1 aliphatic rings. The third-order valence-corrected chi connectivity index (χ3v) is 13.5. The number of rotatable bonds is 8. The number of furan rings is 1. The average molecular weight is 832 g/mol. The summed E-state index contributed by atoms with van der Waals surface area (Å²) in [5.74, 6) is 0. The van der Waals surface area contributed by atoms with E-state index in [2.05, 4.69) is 243 Å². The number of anilines is 3. The number of aryl methyl sites for hydroxylation is 2. The molecular formula is C63H45NO. The SMILES string of the molecule is Cc1cc(C)c2c(c1)-c1cccc(-c3ccc(N(c4ccc(-c5ccccc5)cc4)c4ccc(-c5cccc6c5oc5ccccc56)cc4)cc3)c1C2(c1ccccc1)c1ccccc1. The summed E-state index contributed by atoms with van der Waals surface area (Å²) >= 11 is 0. The van der Waals surface area contributed by atoms with Crippen molar-refractivity contribution in [3.63, 3.8) is 0 Å². The van der Waals surface area contributed by atoms with Crippen molar-refractivity contribution >= 4 is 39.0 Å². The number of hydrogen-bond donors (Lipinski definition) is 0. The van der Waals surface area contributed by atoms with Crippen LogP contribution in [-0.4, -0.2) is 0 Å². The molecule has 11 aromatic rings. The zero-order valence-corrected chi connectivity index (χ0v) is 36.4. The van der Waals surface area contributed by atoms with Gasteiger partial charge in [0, 0.05) is 33.4 Å². The first-order valence-corrected chi connectivity index (χ1v) is 22.5. The van der Waals surface area contributed by atoms with Crippen LogP contribution in [0.4, 0.5) is 17.1 Å². The minimum Gasteiger partial charge on any atom is -0.455 e. The summed E-state index contributed by atoms with van der Waals surface area (Å²) in [6.45, 7) is 4.51. The summed E-state index contributed by atoms with van der Waals surface area (Å²) in [5.41, 5.74) is 21.9. The van der Waals surface area contributed by atoms with Gasteiger partial charge in [-0.05, 0) is 123 Å². The average Bonchev–Trinajstić information content (AvgIpc) is 3.90. The number of hydrogen-bond acceptors (Lipinski definition) is 2. The molecule has 12 rings (SSSR count). The third-order valence-electron chi connectivity index (χ3n) is 13.5. The first kappa shape index (κ1) is 38.5. The van der Waals surface area contributed by atoms with Gasteiger partial charge in [0.15, 0.2) is 0 Å². The van der Waals surface area contributed by atoms with E-state index in [4.69, 9.17) is 4.42 Å². The first-order valence-electron chi connectivity index (χ1n) is 22.5. The van der Waals surface area contributed by atoms with Gasteiger partial charge >= 0.3 is 0 Å². The topological polar surface area (TPSA) is 16.4 Å². The van der Waals surface area contributed by atoms with Crippen LogP contribution >= 0.6 is 0 Å². The Hall–Kier alpha value is -8.20. The Morgan fingerprint density at radius 3 is 1.46 bits per heavy atom. The molecule has 0 bridgehead atoms. The van der Waals surface area contributed by atoms with E-state index in [1.165, 1.54) is 66.8 Å². The van der Waals surface area contributed by atoms with Crippen molar-refractivity contribution in [1.82, 2.24) is 0 Å². The number of nitrogens with zero attached hydrogens (tertiary/aromatic N) is 1. The third kappa shape index (κ3) is 6.25. The predicted molar refractivity (Wildman–Crippen MR) is 271 cm³/mol. The van der Waals surface area contributed by atoms with Crippen LogP contribution in [0.15, 0.2) is 241 Å². The van der Waals surface area contributed by atoms with Crippen LogP contribution in [-0.2, 0) is 5.41 Å². The minimum absolute atomic E-state index is 0.513. The zero-order valence-electron chi connectivity index (χ0n) is 36.4. The maximum absolute atomic E-state index is 6.46. The fourth-order valence-corrected chi connectivity index (χ4v) is 10.8. The summed E-state index contributed by atoms with van der Waals surface area (Å²) in [4.78, 5) is 2.36. The Morgan fingerprint density at radius 2 is 0.831 bits per heavy atom. The van der Waals surface area contributed by atoms with E-state index in [-0.39, 0.29) is 0 Å². The van der Waals surface area contributed by atoms with Crippen LogP contribution in [0.2, 0.25) is 0 Å². The number of benzene rings is 10. The Balaban J connectivity index is 0.998. The van der Waals surface area contributed by atoms with Gasteiger partial charge in [0.2, 0.25) is 0 Å². The van der Waals surface area contributed by atoms with Gasteiger partial charge in [-0.2, -0.15) is 0 Å². The maximum Gasteiger partial charge on any atom is 0.143 e. The molecule has 1 aromatic heterocycles. The number of para-hydroxylation sites is 2. The van der Waals surface area contributed by atoms with Gasteiger partial charge in [0.05, 0.1) is 5.41 Å². The molecule has 0 atom stereocenters. The van der Waals surface area contributed by atoms with Crippen molar-refractivity contribution in [2.75, 3.05) is 4.90 Å². The molecular weight excluding hydrogens is 787 g/mol. The van der Waals surface area contributed by atoms with E-state index >= 15 is 0 Å². The van der Waals surface area contributed by atoms with E-state index in [0.717, 1.165) is 50.1 Å². The molecule has 0 unspecified atom stereocenters. The fraction of sp³-hybridized carbons (Fsp3) is 0.0476. The van der Waals surface area contributed by atoms with Crippen molar-refractivity contribution in [2.45, 2.75) is 19.3 Å². The highest BCUT2D eigenvalue weighted by molar-refractivity contribution is 6.09. The quantitative estimate of drug-likeness (QED) is 0.152. The highest BCUT2D eigenvalue weighted by atomic mass is 16.3. The largest absolute Gasteiger partial charge is 0.455 e. The smallest absolute Gasteiger partial charge is 0.143 e. The molecule has 2 heteroatoms. The molecule has 1 aliphatic carbocycles. The second-order valence-electron chi connectivity index (χ2n) is 17.3. The van der Waals surface area contributed by atoms with Crippen molar-refractivity contribution in [3.8, 4) is 44.5 Å². The van der Waals surface area contributed by atoms with Crippen molar-refractivity contribution in [3.05, 3.63) is 270 Å². The summed E-state index contributed by atoms with van der Waals surface area (Å²) in [7, 11) is 0. The van der Waals surface area contributed by atoms with Crippen LogP contribution in [0.3, 0.4) is 0 Å². The lowest BCUT2D eigenvalue weighted by atomic mass is 9.65. The molecule has 0 spiro atoms. The van der Waals surface area contributed by atoms with Gasteiger partial charge in [0.1, 0.15) is 11.2 Å². The minimum atomic E-state index is -0.513. The maximum atomic E-state index is 6.46. The molecule has 0 radical (unpaired) electrons. The van der Waals surface area contributed by atoms with E-state index in [1.54, 1.807) is 0 Å². The van der Waals surface area contributed by atoms with Crippen LogP contribution in [0.5, 0.6) is 0 Å². The van der Waals surface area contributed by atoms with E-state index in [0.29, 0.717) is 0 Å². The lowest BCUT2D eigenvalue weighted by molar-refractivity contribution is 0.670. The molecule has 65 heavy (non-hydrogen) atoms. The van der Waals surface area contributed by atoms with Gasteiger partial charge in [-0.25, -0.2) is 0 Å². The van der Waals surface area contributed by atoms with E-state index in [9.17, 15) is 0 Å². The van der Waals surface area contributed by atoms with Crippen LogP contribution in [0, 0.1) is 13.8 Å². The Labute approximate surface area is 380 Å². The standard InChI is InChI=1S/C63H45NO/c1-42-40-43(2)60-58(41-42)56-25-14-23-53(61(56)63(60,48-18-8-4-9-19-48)49-20-10-5-11-21-49)46-30-36-51(37-31-46)64(50-34-28-45(29-35-50)44-16-6-3-7-17-44)52-38-32-47(33-39-52)54-24-15-26-57-55-22-12-13-27-59(55)65-62(54)57/h3-41H,1-2H3. The van der Waals surface area contributed by atoms with Crippen LogP contribution in [0.25, 0.3) is 66.4 Å². The predicted octanol–water partition coefficient (Wildman–Crippen LogP) is 17.0. The molecule has 308 valence electrons. The molecule has 1 heterocycles. The highest BCUT2D eigenvalue weighted by Gasteiger charge is 2.48. The molecule has 0 saturated heterocycles. The Bertz CT molecular complexity index is 3480. The Kier molecular flexibility index (Phi) is 9.21. The van der Waals surface area contributed by atoms with Gasteiger partial charge in [-0.15, -0.1) is 0 Å². The molecule has 0 fully saturated rings. The first-order chi connectivity index (χ1) is 32.1. The van der Waals surface area contributed by atoms with Crippen molar-refractivity contribution in [1.29, 1.82) is 0 Å². The molecule has 0 N–H and O–H groups in total. The van der Waals surface area contributed by atoms with E-state index in [1.807, 2.05) is 12.1 Å². The normalized spacial score (nSPS) is 12.6. The van der Waals surface area contributed by atoms with Crippen LogP contribution in [0.1, 0.15) is 33.4 Å². The Morgan fingerprint density at radius 1 is 0.354 bits per heavy atom. The summed E-state index contributed by atoms with van der Waals surface area (Å²) in [5, 5.41) is 2.26. The van der Waals surface area contributed by atoms with Gasteiger partial charge in [-0.1, -0.05) is 200 Å². The fourth-order valence-electron chi connectivity index (χ4n) is 10.8. The number of fused-ring (bicyclic) bond motifs is 6. The van der Waals surface area contributed by atoms with Gasteiger partial charge in [-0.3, -0.25) is 0 Å². The lowest BCUT2D eigenvalue weighted by Crippen LogP contribution is -2.30. The summed E-state index contributed by atoms with van der Waals surface area (Å²) < 4.78 is 6.46. The molecule has 10 aromatic carbocycles. The molecule has 0 saturated carbocycles. The highest BCUT2D eigenvalue weighted by Crippen LogP contribution is 2.60. The molecule has 0 aliphatic heterocycles. The van der Waals surface area contributed by atoms with Gasteiger partial charge < -0.3 is 9.32 Å². The zero-order chi connectivity index (χ0) is 43.5. The summed E-state index contributed by atoms with van der Waals surface area (Å²) in [6, 6.07) is 86.2. The van der Waals surface area contributed by atoms with Crippen molar-refractivity contribution < 1.29 is 4.42 Å². The monoisotopic (exact) mass is 831 g/mol. The molecule has 2 nitrogen and oxygen atoms in total. The lowest BCUT2D eigenvalue weighted by Gasteiger charge is -2.36.